The molecule has 2 aromatic heterocycles. The molecule has 0 aliphatic heterocycles. The van der Waals surface area contributed by atoms with Crippen molar-refractivity contribution in [2.24, 2.45) is 5.14 Å². The molecular formula is C17H18N4O2S2. The Morgan fingerprint density at radius 2 is 2.00 bits per heavy atom. The molecule has 1 aliphatic carbocycles. The van der Waals surface area contributed by atoms with Crippen molar-refractivity contribution in [3.63, 3.8) is 0 Å². The number of sulfonamides is 1. The van der Waals surface area contributed by atoms with Gasteiger partial charge in [0.15, 0.2) is 0 Å². The molecule has 130 valence electrons. The van der Waals surface area contributed by atoms with Crippen LogP contribution >= 0.6 is 11.3 Å². The summed E-state index contributed by atoms with van der Waals surface area (Å²) in [4.78, 5) is 11.3. The SMILES string of the molecule is Cc1cc(S(N)(=O)=O)cc(Nc2ncnc3sc4c(c23)CCC4)c1C. The van der Waals surface area contributed by atoms with Crippen LogP contribution in [-0.4, -0.2) is 18.4 Å². The van der Waals surface area contributed by atoms with E-state index in [9.17, 15) is 8.42 Å². The van der Waals surface area contributed by atoms with E-state index in [0.717, 1.165) is 46.4 Å². The fourth-order valence-electron chi connectivity index (χ4n) is 3.27. The second-order valence-electron chi connectivity index (χ2n) is 6.34. The van der Waals surface area contributed by atoms with Crippen molar-refractivity contribution in [3.8, 4) is 0 Å². The number of hydrogen-bond acceptors (Lipinski definition) is 6. The Hall–Kier alpha value is -2.03. The number of rotatable bonds is 3. The summed E-state index contributed by atoms with van der Waals surface area (Å²) < 4.78 is 23.5. The molecule has 0 saturated heterocycles. The molecule has 6 nitrogen and oxygen atoms in total. The van der Waals surface area contributed by atoms with E-state index in [2.05, 4.69) is 15.3 Å². The monoisotopic (exact) mass is 374 g/mol. The molecule has 1 aromatic carbocycles. The van der Waals surface area contributed by atoms with E-state index in [4.69, 9.17) is 5.14 Å². The molecule has 0 saturated carbocycles. The standard InChI is InChI=1S/C17H18N4O2S2/c1-9-6-11(25(18,22)23)7-13(10(9)2)21-16-15-12-4-3-5-14(12)24-17(15)20-8-19-16/h6-8H,3-5H2,1-2H3,(H2,18,22,23)(H,19,20,21). The van der Waals surface area contributed by atoms with Gasteiger partial charge in [0, 0.05) is 10.6 Å². The Bertz CT molecular complexity index is 1100. The third kappa shape index (κ3) is 2.80. The second-order valence-corrected chi connectivity index (χ2v) is 8.99. The molecular weight excluding hydrogens is 356 g/mol. The summed E-state index contributed by atoms with van der Waals surface area (Å²) in [7, 11) is -3.77. The van der Waals surface area contributed by atoms with Crippen molar-refractivity contribution < 1.29 is 8.42 Å². The van der Waals surface area contributed by atoms with Crippen molar-refractivity contribution in [1.29, 1.82) is 0 Å². The lowest BCUT2D eigenvalue weighted by Crippen LogP contribution is -2.13. The Morgan fingerprint density at radius 3 is 2.76 bits per heavy atom. The molecule has 0 amide bonds. The first-order valence-electron chi connectivity index (χ1n) is 8.01. The van der Waals surface area contributed by atoms with E-state index in [-0.39, 0.29) is 4.90 Å². The minimum atomic E-state index is -3.77. The molecule has 1 aliphatic rings. The number of anilines is 2. The number of benzene rings is 1. The van der Waals surface area contributed by atoms with Crippen molar-refractivity contribution in [3.05, 3.63) is 40.0 Å². The Morgan fingerprint density at radius 1 is 1.20 bits per heavy atom. The van der Waals surface area contributed by atoms with Gasteiger partial charge in [0.05, 0.1) is 10.3 Å². The number of hydrogen-bond donors (Lipinski definition) is 2. The first-order chi connectivity index (χ1) is 11.8. The van der Waals surface area contributed by atoms with Gasteiger partial charge in [-0.3, -0.25) is 0 Å². The van der Waals surface area contributed by atoms with Gasteiger partial charge in [0.1, 0.15) is 17.0 Å². The predicted octanol–water partition coefficient (Wildman–Crippen LogP) is 3.19. The van der Waals surface area contributed by atoms with Crippen LogP contribution in [-0.2, 0) is 22.9 Å². The van der Waals surface area contributed by atoms with E-state index in [0.29, 0.717) is 5.69 Å². The normalized spacial score (nSPS) is 14.0. The van der Waals surface area contributed by atoms with E-state index < -0.39 is 10.0 Å². The lowest BCUT2D eigenvalue weighted by Gasteiger charge is -2.14. The molecule has 0 atom stereocenters. The molecule has 4 rings (SSSR count). The zero-order valence-corrected chi connectivity index (χ0v) is 15.6. The maximum absolute atomic E-state index is 11.8. The Labute approximate surface area is 150 Å². The van der Waals surface area contributed by atoms with E-state index in [1.165, 1.54) is 10.4 Å². The molecule has 0 unspecified atom stereocenters. The van der Waals surface area contributed by atoms with Crippen LogP contribution in [0, 0.1) is 13.8 Å². The molecule has 0 fully saturated rings. The lowest BCUT2D eigenvalue weighted by atomic mass is 10.1. The van der Waals surface area contributed by atoms with Crippen molar-refractivity contribution in [2.75, 3.05) is 5.32 Å². The predicted molar refractivity (Wildman–Crippen MR) is 100 cm³/mol. The highest BCUT2D eigenvalue weighted by Crippen LogP contribution is 2.40. The van der Waals surface area contributed by atoms with Crippen LogP contribution in [0.3, 0.4) is 0 Å². The van der Waals surface area contributed by atoms with Gasteiger partial charge < -0.3 is 5.32 Å². The van der Waals surface area contributed by atoms with Crippen molar-refractivity contribution >= 4 is 43.1 Å². The first-order valence-corrected chi connectivity index (χ1v) is 10.4. The first kappa shape index (κ1) is 16.4. The summed E-state index contributed by atoms with van der Waals surface area (Å²) in [5.41, 5.74) is 3.84. The van der Waals surface area contributed by atoms with Gasteiger partial charge in [0.25, 0.3) is 0 Å². The third-order valence-corrected chi connectivity index (χ3v) is 6.82. The number of fused-ring (bicyclic) bond motifs is 3. The quantitative estimate of drug-likeness (QED) is 0.734. The summed E-state index contributed by atoms with van der Waals surface area (Å²) in [6.45, 7) is 3.81. The van der Waals surface area contributed by atoms with E-state index in [1.807, 2.05) is 13.8 Å². The van der Waals surface area contributed by atoms with Gasteiger partial charge in [0.2, 0.25) is 10.0 Å². The number of nitrogens with zero attached hydrogens (tertiary/aromatic N) is 2. The maximum Gasteiger partial charge on any atom is 0.238 e. The summed E-state index contributed by atoms with van der Waals surface area (Å²) in [5, 5.41) is 9.68. The largest absolute Gasteiger partial charge is 0.339 e. The summed E-state index contributed by atoms with van der Waals surface area (Å²) >= 11 is 1.72. The zero-order chi connectivity index (χ0) is 17.8. The van der Waals surface area contributed by atoms with Gasteiger partial charge in [-0.05, 0) is 61.9 Å². The molecule has 8 heteroatoms. The summed E-state index contributed by atoms with van der Waals surface area (Å²) in [6.07, 6.45) is 4.83. The summed E-state index contributed by atoms with van der Waals surface area (Å²) in [5.74, 6) is 0.721. The van der Waals surface area contributed by atoms with Crippen LogP contribution in [0.5, 0.6) is 0 Å². The smallest absolute Gasteiger partial charge is 0.238 e. The van der Waals surface area contributed by atoms with Gasteiger partial charge in [-0.25, -0.2) is 23.5 Å². The molecule has 0 bridgehead atoms. The average Bonchev–Trinajstić information content (AvgIpc) is 3.11. The maximum atomic E-state index is 11.8. The number of thiophene rings is 1. The van der Waals surface area contributed by atoms with E-state index in [1.54, 1.807) is 29.8 Å². The van der Waals surface area contributed by atoms with Crippen molar-refractivity contribution in [2.45, 2.75) is 38.0 Å². The lowest BCUT2D eigenvalue weighted by molar-refractivity contribution is 0.597. The fraction of sp³-hybridized carbons (Fsp3) is 0.294. The fourth-order valence-corrected chi connectivity index (χ4v) is 5.12. The number of nitrogens with two attached hydrogens (primary N) is 1. The van der Waals surface area contributed by atoms with Gasteiger partial charge in [-0.1, -0.05) is 0 Å². The molecule has 3 aromatic rings. The van der Waals surface area contributed by atoms with Gasteiger partial charge >= 0.3 is 0 Å². The van der Waals surface area contributed by atoms with E-state index >= 15 is 0 Å². The molecule has 0 radical (unpaired) electrons. The minimum Gasteiger partial charge on any atom is -0.339 e. The Balaban J connectivity index is 1.86. The van der Waals surface area contributed by atoms with Crippen LogP contribution in [0.4, 0.5) is 11.5 Å². The molecule has 3 N–H and O–H groups in total. The highest BCUT2D eigenvalue weighted by atomic mass is 32.2. The van der Waals surface area contributed by atoms with Crippen LogP contribution in [0.25, 0.3) is 10.2 Å². The van der Waals surface area contributed by atoms with Gasteiger partial charge in [-0.2, -0.15) is 0 Å². The number of nitrogens with one attached hydrogen (secondary N) is 1. The third-order valence-electron chi connectivity index (χ3n) is 4.72. The van der Waals surface area contributed by atoms with Crippen LogP contribution < -0.4 is 10.5 Å². The molecule has 25 heavy (non-hydrogen) atoms. The second kappa shape index (κ2) is 5.76. The van der Waals surface area contributed by atoms with Crippen LogP contribution in [0.1, 0.15) is 28.0 Å². The number of aromatic nitrogens is 2. The number of aryl methyl sites for hydroxylation is 3. The minimum absolute atomic E-state index is 0.0962. The Kier molecular flexibility index (Phi) is 3.78. The highest BCUT2D eigenvalue weighted by molar-refractivity contribution is 7.89. The molecule has 2 heterocycles. The topological polar surface area (TPSA) is 98.0 Å². The molecule has 0 spiro atoms. The zero-order valence-electron chi connectivity index (χ0n) is 14.0. The average molecular weight is 374 g/mol. The number of primary sulfonamides is 1. The van der Waals surface area contributed by atoms with Crippen LogP contribution in [0.2, 0.25) is 0 Å². The summed E-state index contributed by atoms with van der Waals surface area (Å²) in [6, 6.07) is 3.16. The van der Waals surface area contributed by atoms with Crippen molar-refractivity contribution in [1.82, 2.24) is 9.97 Å². The van der Waals surface area contributed by atoms with Crippen LogP contribution in [0.15, 0.2) is 23.4 Å². The van der Waals surface area contributed by atoms with Gasteiger partial charge in [-0.15, -0.1) is 11.3 Å². The highest BCUT2D eigenvalue weighted by Gasteiger charge is 2.22.